The second-order valence-electron chi connectivity index (χ2n) is 4.87. The maximum absolute atomic E-state index is 5.42. The molecule has 1 aromatic rings. The number of allylic oxidation sites excluding steroid dienone is 1. The van der Waals surface area contributed by atoms with Gasteiger partial charge in [-0.1, -0.05) is 6.08 Å². The predicted octanol–water partition coefficient (Wildman–Crippen LogP) is 2.11. The molecule has 4 heteroatoms. The Labute approximate surface area is 113 Å². The molecule has 2 heterocycles. The van der Waals surface area contributed by atoms with Crippen LogP contribution in [0.2, 0.25) is 0 Å². The zero-order valence-electron chi connectivity index (χ0n) is 11.2. The summed E-state index contributed by atoms with van der Waals surface area (Å²) in [6, 6.07) is 4.14. The smallest absolute Gasteiger partial charge is 0.231 e. The molecule has 3 rings (SSSR count). The van der Waals surface area contributed by atoms with Gasteiger partial charge in [0.2, 0.25) is 6.79 Å². The molecule has 0 saturated carbocycles. The Kier molecular flexibility index (Phi) is 3.60. The van der Waals surface area contributed by atoms with Crippen LogP contribution in [0.5, 0.6) is 11.5 Å². The van der Waals surface area contributed by atoms with Gasteiger partial charge in [-0.25, -0.2) is 0 Å². The molecule has 1 aromatic carbocycles. The quantitative estimate of drug-likeness (QED) is 0.834. The van der Waals surface area contributed by atoms with Crippen LogP contribution in [-0.4, -0.2) is 38.0 Å². The minimum atomic E-state index is 0.335. The van der Waals surface area contributed by atoms with Crippen LogP contribution in [0.4, 0.5) is 0 Å². The summed E-state index contributed by atoms with van der Waals surface area (Å²) in [6.45, 7) is 6.07. The number of morpholine rings is 1. The van der Waals surface area contributed by atoms with Crippen molar-refractivity contribution in [1.82, 2.24) is 4.90 Å². The number of rotatable bonds is 3. The molecular weight excluding hydrogens is 242 g/mol. The molecule has 0 unspecified atom stereocenters. The molecule has 0 amide bonds. The van der Waals surface area contributed by atoms with Crippen LogP contribution >= 0.6 is 0 Å². The number of ether oxygens (including phenoxy) is 3. The Morgan fingerprint density at radius 3 is 2.68 bits per heavy atom. The van der Waals surface area contributed by atoms with E-state index >= 15 is 0 Å². The lowest BCUT2D eigenvalue weighted by Gasteiger charge is -2.25. The third-order valence-electron chi connectivity index (χ3n) is 3.53. The lowest BCUT2D eigenvalue weighted by Crippen LogP contribution is -2.32. The summed E-state index contributed by atoms with van der Waals surface area (Å²) >= 11 is 0. The Morgan fingerprint density at radius 2 is 1.89 bits per heavy atom. The second kappa shape index (κ2) is 5.53. The number of benzene rings is 1. The van der Waals surface area contributed by atoms with Crippen molar-refractivity contribution in [1.29, 1.82) is 0 Å². The highest BCUT2D eigenvalue weighted by molar-refractivity contribution is 5.48. The predicted molar refractivity (Wildman–Crippen MR) is 72.5 cm³/mol. The number of aryl methyl sites for hydroxylation is 1. The summed E-state index contributed by atoms with van der Waals surface area (Å²) in [6.07, 6.45) is 5.29. The van der Waals surface area contributed by atoms with E-state index in [0.29, 0.717) is 6.79 Å². The van der Waals surface area contributed by atoms with Crippen molar-refractivity contribution in [2.45, 2.75) is 13.3 Å². The molecule has 1 saturated heterocycles. The van der Waals surface area contributed by atoms with E-state index in [1.165, 1.54) is 11.1 Å². The molecule has 19 heavy (non-hydrogen) atoms. The Bertz CT molecular complexity index is 479. The van der Waals surface area contributed by atoms with Crippen molar-refractivity contribution < 1.29 is 14.2 Å². The lowest BCUT2D eigenvalue weighted by atomic mass is 10.0. The fourth-order valence-corrected chi connectivity index (χ4v) is 2.36. The third-order valence-corrected chi connectivity index (χ3v) is 3.53. The minimum absolute atomic E-state index is 0.335. The van der Waals surface area contributed by atoms with Crippen LogP contribution in [0.3, 0.4) is 0 Å². The van der Waals surface area contributed by atoms with E-state index in [9.17, 15) is 0 Å². The van der Waals surface area contributed by atoms with Crippen LogP contribution in [0.25, 0.3) is 0 Å². The van der Waals surface area contributed by atoms with Gasteiger partial charge in [-0.05, 0) is 42.8 Å². The molecule has 0 spiro atoms. The van der Waals surface area contributed by atoms with Gasteiger partial charge in [-0.2, -0.15) is 0 Å². The minimum Gasteiger partial charge on any atom is -0.454 e. The molecular formula is C15H19NO3. The molecule has 0 N–H and O–H groups in total. The van der Waals surface area contributed by atoms with Crippen molar-refractivity contribution in [3.05, 3.63) is 35.5 Å². The van der Waals surface area contributed by atoms with Crippen LogP contribution < -0.4 is 9.47 Å². The maximum Gasteiger partial charge on any atom is 0.231 e. The maximum atomic E-state index is 5.42. The SMILES string of the molecule is Cc1cc2c(cc1CC=CN1CCOCC1)OCO2. The van der Waals surface area contributed by atoms with Crippen LogP contribution in [0.15, 0.2) is 24.4 Å². The van der Waals surface area contributed by atoms with Crippen molar-refractivity contribution in [3.8, 4) is 11.5 Å². The average molecular weight is 261 g/mol. The molecule has 1 fully saturated rings. The van der Waals surface area contributed by atoms with Crippen molar-refractivity contribution in [3.63, 3.8) is 0 Å². The topological polar surface area (TPSA) is 30.9 Å². The molecule has 2 aliphatic heterocycles. The molecule has 0 bridgehead atoms. The average Bonchev–Trinajstić information content (AvgIpc) is 2.87. The monoisotopic (exact) mass is 261 g/mol. The molecule has 2 aliphatic rings. The second-order valence-corrected chi connectivity index (χ2v) is 4.87. The fraction of sp³-hybridized carbons (Fsp3) is 0.467. The van der Waals surface area contributed by atoms with Crippen molar-refractivity contribution in [2.75, 3.05) is 33.1 Å². The largest absolute Gasteiger partial charge is 0.454 e. The first kappa shape index (κ1) is 12.4. The van der Waals surface area contributed by atoms with Gasteiger partial charge in [0.25, 0.3) is 0 Å². The van der Waals surface area contributed by atoms with Crippen LogP contribution in [-0.2, 0) is 11.2 Å². The first-order chi connectivity index (χ1) is 9.33. The van der Waals surface area contributed by atoms with E-state index in [2.05, 4.69) is 36.2 Å². The van der Waals surface area contributed by atoms with Gasteiger partial charge < -0.3 is 19.1 Å². The third kappa shape index (κ3) is 2.84. The number of fused-ring (bicyclic) bond motifs is 1. The summed E-state index contributed by atoms with van der Waals surface area (Å²) in [5.41, 5.74) is 2.53. The van der Waals surface area contributed by atoms with Crippen molar-refractivity contribution in [2.24, 2.45) is 0 Å². The van der Waals surface area contributed by atoms with E-state index < -0.39 is 0 Å². The highest BCUT2D eigenvalue weighted by Gasteiger charge is 2.15. The number of nitrogens with zero attached hydrogens (tertiary/aromatic N) is 1. The van der Waals surface area contributed by atoms with Gasteiger partial charge in [0.1, 0.15) is 0 Å². The summed E-state index contributed by atoms with van der Waals surface area (Å²) in [5, 5.41) is 0. The van der Waals surface area contributed by atoms with E-state index in [1.807, 2.05) is 0 Å². The Morgan fingerprint density at radius 1 is 1.16 bits per heavy atom. The zero-order valence-corrected chi connectivity index (χ0v) is 11.2. The first-order valence-corrected chi connectivity index (χ1v) is 6.70. The van der Waals surface area contributed by atoms with E-state index in [0.717, 1.165) is 44.2 Å². The normalized spacial score (nSPS) is 18.3. The number of hydrogen-bond acceptors (Lipinski definition) is 4. The highest BCUT2D eigenvalue weighted by Crippen LogP contribution is 2.34. The van der Waals surface area contributed by atoms with E-state index in [1.54, 1.807) is 0 Å². The molecule has 0 radical (unpaired) electrons. The summed E-state index contributed by atoms with van der Waals surface area (Å²) in [4.78, 5) is 2.30. The van der Waals surface area contributed by atoms with Crippen molar-refractivity contribution >= 4 is 0 Å². The Hall–Kier alpha value is -1.68. The van der Waals surface area contributed by atoms with Gasteiger partial charge >= 0.3 is 0 Å². The molecule has 0 aliphatic carbocycles. The molecule has 102 valence electrons. The summed E-state index contributed by atoms with van der Waals surface area (Å²) in [5.74, 6) is 1.72. The van der Waals surface area contributed by atoms with E-state index in [4.69, 9.17) is 14.2 Å². The zero-order chi connectivity index (χ0) is 13.1. The summed E-state index contributed by atoms with van der Waals surface area (Å²) < 4.78 is 16.1. The lowest BCUT2D eigenvalue weighted by molar-refractivity contribution is 0.0593. The highest BCUT2D eigenvalue weighted by atomic mass is 16.7. The Balaban J connectivity index is 1.64. The first-order valence-electron chi connectivity index (χ1n) is 6.70. The van der Waals surface area contributed by atoms with Crippen LogP contribution in [0, 0.1) is 6.92 Å². The van der Waals surface area contributed by atoms with Gasteiger partial charge in [-0.15, -0.1) is 0 Å². The van der Waals surface area contributed by atoms with Crippen LogP contribution in [0.1, 0.15) is 11.1 Å². The van der Waals surface area contributed by atoms with Gasteiger partial charge in [-0.3, -0.25) is 0 Å². The number of hydrogen-bond donors (Lipinski definition) is 0. The summed E-state index contributed by atoms with van der Waals surface area (Å²) in [7, 11) is 0. The molecule has 0 atom stereocenters. The fourth-order valence-electron chi connectivity index (χ4n) is 2.36. The standard InChI is InChI=1S/C15H19NO3/c1-12-9-14-15(19-11-18-14)10-13(12)3-2-4-16-5-7-17-8-6-16/h2,4,9-10H,3,5-8,11H2,1H3. The molecule has 0 aromatic heterocycles. The van der Waals surface area contributed by atoms with Gasteiger partial charge in [0, 0.05) is 13.1 Å². The van der Waals surface area contributed by atoms with Gasteiger partial charge in [0.05, 0.1) is 13.2 Å². The van der Waals surface area contributed by atoms with E-state index in [-0.39, 0.29) is 0 Å². The van der Waals surface area contributed by atoms with Gasteiger partial charge in [0.15, 0.2) is 11.5 Å². The molecule has 4 nitrogen and oxygen atoms in total.